The normalized spacial score (nSPS) is 28.2. The molecule has 2 fully saturated rings. The molecule has 2 aliphatic rings. The zero-order valence-corrected chi connectivity index (χ0v) is 17.5. The van der Waals surface area contributed by atoms with E-state index < -0.39 is 0 Å². The standard InChI is InChI=1S/C27H36O/c1-3-20-6-11-23(12-7-20)24-13-8-21(9-14-24)4-5-22-10-15-26-19-27(28-2)17-16-25(26)18-22/h3,10,15-21,23-24H,1,4-9,11-14H2,2H3. The van der Waals surface area contributed by atoms with Gasteiger partial charge in [0.15, 0.2) is 0 Å². The first-order chi connectivity index (χ1) is 13.7. The van der Waals surface area contributed by atoms with Crippen molar-refractivity contribution < 1.29 is 4.74 Å². The summed E-state index contributed by atoms with van der Waals surface area (Å²) in [5.41, 5.74) is 1.49. The number of aryl methyl sites for hydroxylation is 1. The molecule has 2 saturated carbocycles. The molecule has 2 aromatic rings. The Labute approximate surface area is 171 Å². The summed E-state index contributed by atoms with van der Waals surface area (Å²) in [7, 11) is 1.73. The Balaban J connectivity index is 1.25. The molecule has 2 aromatic carbocycles. The predicted molar refractivity (Wildman–Crippen MR) is 120 cm³/mol. The third kappa shape index (κ3) is 4.62. The van der Waals surface area contributed by atoms with Gasteiger partial charge in [-0.2, -0.15) is 0 Å². The number of methoxy groups -OCH3 is 1. The lowest BCUT2D eigenvalue weighted by Crippen LogP contribution is -2.25. The van der Waals surface area contributed by atoms with Crippen molar-refractivity contribution in [2.24, 2.45) is 23.7 Å². The summed E-state index contributed by atoms with van der Waals surface area (Å²) < 4.78 is 5.34. The maximum atomic E-state index is 5.34. The molecule has 0 radical (unpaired) electrons. The van der Waals surface area contributed by atoms with Gasteiger partial charge in [0.05, 0.1) is 7.11 Å². The molecule has 28 heavy (non-hydrogen) atoms. The highest BCUT2D eigenvalue weighted by molar-refractivity contribution is 5.84. The fraction of sp³-hybridized carbons (Fsp3) is 0.556. The quantitative estimate of drug-likeness (QED) is 0.472. The fourth-order valence-corrected chi connectivity index (χ4v) is 5.73. The van der Waals surface area contributed by atoms with E-state index in [1.54, 1.807) is 7.11 Å². The third-order valence-electron chi connectivity index (χ3n) is 7.66. The fourth-order valence-electron chi connectivity index (χ4n) is 5.73. The topological polar surface area (TPSA) is 9.23 Å². The van der Waals surface area contributed by atoms with Crippen LogP contribution < -0.4 is 4.74 Å². The zero-order valence-electron chi connectivity index (χ0n) is 17.5. The molecule has 0 bridgehead atoms. The number of benzene rings is 2. The molecule has 0 aliphatic heterocycles. The molecule has 0 unspecified atom stereocenters. The average molecular weight is 377 g/mol. The molecular weight excluding hydrogens is 340 g/mol. The molecule has 4 rings (SSSR count). The number of fused-ring (bicyclic) bond motifs is 1. The van der Waals surface area contributed by atoms with Crippen molar-refractivity contribution in [1.29, 1.82) is 0 Å². The van der Waals surface area contributed by atoms with Crippen molar-refractivity contribution in [3.63, 3.8) is 0 Å². The molecule has 1 nitrogen and oxygen atoms in total. The monoisotopic (exact) mass is 376 g/mol. The number of hydrogen-bond acceptors (Lipinski definition) is 1. The lowest BCUT2D eigenvalue weighted by Gasteiger charge is -2.37. The molecule has 0 N–H and O–H groups in total. The SMILES string of the molecule is C=CC1CCC(C2CCC(CCc3ccc4cc(OC)ccc4c3)CC2)CC1. The molecule has 1 heteroatoms. The molecule has 0 spiro atoms. The van der Waals surface area contributed by atoms with Crippen LogP contribution in [0.15, 0.2) is 49.1 Å². The smallest absolute Gasteiger partial charge is 0.119 e. The Kier molecular flexibility index (Phi) is 6.40. The number of allylic oxidation sites excluding steroid dienone is 1. The van der Waals surface area contributed by atoms with E-state index in [9.17, 15) is 0 Å². The Morgan fingerprint density at radius 1 is 0.857 bits per heavy atom. The summed E-state index contributed by atoms with van der Waals surface area (Å²) >= 11 is 0. The van der Waals surface area contributed by atoms with Gasteiger partial charge in [0, 0.05) is 0 Å². The van der Waals surface area contributed by atoms with Crippen LogP contribution in [0.4, 0.5) is 0 Å². The highest BCUT2D eigenvalue weighted by Crippen LogP contribution is 2.42. The second kappa shape index (κ2) is 9.16. The maximum Gasteiger partial charge on any atom is 0.119 e. The van der Waals surface area contributed by atoms with E-state index in [-0.39, 0.29) is 0 Å². The van der Waals surface area contributed by atoms with Crippen molar-refractivity contribution in [3.05, 3.63) is 54.6 Å². The highest BCUT2D eigenvalue weighted by atomic mass is 16.5. The molecular formula is C27H36O. The number of ether oxygens (including phenoxy) is 1. The van der Waals surface area contributed by atoms with E-state index >= 15 is 0 Å². The van der Waals surface area contributed by atoms with Crippen molar-refractivity contribution >= 4 is 10.8 Å². The minimum atomic E-state index is 0.802. The predicted octanol–water partition coefficient (Wildman–Crippen LogP) is 7.58. The van der Waals surface area contributed by atoms with E-state index in [0.717, 1.165) is 29.4 Å². The first kappa shape index (κ1) is 19.6. The Hall–Kier alpha value is -1.76. The average Bonchev–Trinajstić information content (AvgIpc) is 2.77. The Morgan fingerprint density at radius 3 is 2.18 bits per heavy atom. The second-order valence-corrected chi connectivity index (χ2v) is 9.28. The van der Waals surface area contributed by atoms with Crippen molar-refractivity contribution in [1.82, 2.24) is 0 Å². The summed E-state index contributed by atoms with van der Waals surface area (Å²) in [6, 6.07) is 13.3. The first-order valence-electron chi connectivity index (χ1n) is 11.4. The van der Waals surface area contributed by atoms with Crippen LogP contribution in [-0.4, -0.2) is 7.11 Å². The Bertz CT molecular complexity index is 776. The van der Waals surface area contributed by atoms with Crippen LogP contribution in [0.25, 0.3) is 10.8 Å². The van der Waals surface area contributed by atoms with Gasteiger partial charge in [0.25, 0.3) is 0 Å². The largest absolute Gasteiger partial charge is 0.497 e. The molecule has 0 heterocycles. The van der Waals surface area contributed by atoms with Crippen LogP contribution >= 0.6 is 0 Å². The second-order valence-electron chi connectivity index (χ2n) is 9.28. The number of rotatable bonds is 6. The molecule has 0 saturated heterocycles. The molecule has 2 aliphatic carbocycles. The first-order valence-corrected chi connectivity index (χ1v) is 11.4. The summed E-state index contributed by atoms with van der Waals surface area (Å²) in [5.74, 6) is 4.70. The van der Waals surface area contributed by atoms with Gasteiger partial charge in [-0.3, -0.25) is 0 Å². The maximum absolute atomic E-state index is 5.34. The van der Waals surface area contributed by atoms with Crippen LogP contribution in [0.1, 0.15) is 63.4 Å². The molecule has 150 valence electrons. The summed E-state index contributed by atoms with van der Waals surface area (Å²) in [5, 5.41) is 2.60. The minimum Gasteiger partial charge on any atom is -0.497 e. The number of hydrogen-bond donors (Lipinski definition) is 0. The van der Waals surface area contributed by atoms with E-state index in [0.29, 0.717) is 0 Å². The van der Waals surface area contributed by atoms with Gasteiger partial charge in [-0.1, -0.05) is 43.2 Å². The zero-order chi connectivity index (χ0) is 19.3. The highest BCUT2D eigenvalue weighted by Gasteiger charge is 2.30. The summed E-state index contributed by atoms with van der Waals surface area (Å²) in [6.45, 7) is 4.00. The minimum absolute atomic E-state index is 0.802. The van der Waals surface area contributed by atoms with Crippen LogP contribution in [0.3, 0.4) is 0 Å². The van der Waals surface area contributed by atoms with Gasteiger partial charge >= 0.3 is 0 Å². The van der Waals surface area contributed by atoms with E-state index in [1.807, 2.05) is 0 Å². The van der Waals surface area contributed by atoms with Gasteiger partial charge in [-0.15, -0.1) is 6.58 Å². The van der Waals surface area contributed by atoms with Crippen LogP contribution in [0.2, 0.25) is 0 Å². The van der Waals surface area contributed by atoms with Crippen molar-refractivity contribution in [2.75, 3.05) is 7.11 Å². The van der Waals surface area contributed by atoms with Gasteiger partial charge in [-0.05, 0) is 104 Å². The molecule has 0 amide bonds. The Morgan fingerprint density at radius 2 is 1.50 bits per heavy atom. The van der Waals surface area contributed by atoms with Gasteiger partial charge in [0.1, 0.15) is 5.75 Å². The summed E-state index contributed by atoms with van der Waals surface area (Å²) in [6.07, 6.45) is 16.3. The van der Waals surface area contributed by atoms with E-state index in [1.165, 1.54) is 80.5 Å². The third-order valence-corrected chi connectivity index (χ3v) is 7.66. The molecule has 0 atom stereocenters. The van der Waals surface area contributed by atoms with E-state index in [2.05, 4.69) is 49.1 Å². The lowest BCUT2D eigenvalue weighted by atomic mass is 9.68. The van der Waals surface area contributed by atoms with Gasteiger partial charge in [-0.25, -0.2) is 0 Å². The lowest BCUT2D eigenvalue weighted by molar-refractivity contribution is 0.153. The van der Waals surface area contributed by atoms with Crippen LogP contribution in [0, 0.1) is 23.7 Å². The van der Waals surface area contributed by atoms with Crippen LogP contribution in [-0.2, 0) is 6.42 Å². The summed E-state index contributed by atoms with van der Waals surface area (Å²) in [4.78, 5) is 0. The van der Waals surface area contributed by atoms with Crippen molar-refractivity contribution in [3.8, 4) is 5.75 Å². The molecule has 0 aromatic heterocycles. The van der Waals surface area contributed by atoms with E-state index in [4.69, 9.17) is 4.74 Å². The van der Waals surface area contributed by atoms with Crippen molar-refractivity contribution in [2.45, 2.75) is 64.2 Å². The van der Waals surface area contributed by atoms with Crippen LogP contribution in [0.5, 0.6) is 5.75 Å². The van der Waals surface area contributed by atoms with Gasteiger partial charge in [0.2, 0.25) is 0 Å². The van der Waals surface area contributed by atoms with Gasteiger partial charge < -0.3 is 4.74 Å².